The van der Waals surface area contributed by atoms with Gasteiger partial charge in [-0.2, -0.15) is 0 Å². The van der Waals surface area contributed by atoms with Gasteiger partial charge in [0.2, 0.25) is 5.91 Å². The number of nitrogens with one attached hydrogen (secondary N) is 3. The standard InChI is InChI=1S/C29H23N5O5S/c35-27(33-26-11-4-5-16-30-26)19-40-24-10-6-9-22(18-24)31-29(37)25(32-28(36)21-7-2-1-3-8-21)17-20-12-14-23(15-13-20)34(38)39/h1-18H,19H2,(H,31,37)(H,32,36)(H,30,33,35)/b25-17+. The lowest BCUT2D eigenvalue weighted by Gasteiger charge is -2.12. The summed E-state index contributed by atoms with van der Waals surface area (Å²) in [5.41, 5.74) is 1.12. The van der Waals surface area contributed by atoms with Gasteiger partial charge in [-0.05, 0) is 66.2 Å². The number of nitro benzene ring substituents is 1. The number of anilines is 2. The van der Waals surface area contributed by atoms with Gasteiger partial charge in [0.05, 0.1) is 10.7 Å². The number of non-ortho nitro benzene ring substituents is 1. The third-order valence-corrected chi connectivity index (χ3v) is 6.33. The highest BCUT2D eigenvalue weighted by Crippen LogP contribution is 2.23. The van der Waals surface area contributed by atoms with Crippen molar-refractivity contribution in [3.8, 4) is 0 Å². The number of nitrogens with zero attached hydrogens (tertiary/aromatic N) is 2. The minimum Gasteiger partial charge on any atom is -0.321 e. The molecule has 4 rings (SSSR count). The molecule has 0 atom stereocenters. The molecule has 0 aliphatic rings. The van der Waals surface area contributed by atoms with Crippen LogP contribution >= 0.6 is 11.8 Å². The molecule has 1 heterocycles. The van der Waals surface area contributed by atoms with E-state index in [1.807, 2.05) is 0 Å². The van der Waals surface area contributed by atoms with Gasteiger partial charge in [-0.3, -0.25) is 24.5 Å². The van der Waals surface area contributed by atoms with Gasteiger partial charge in [0.1, 0.15) is 11.5 Å². The fourth-order valence-corrected chi connectivity index (χ4v) is 4.18. The van der Waals surface area contributed by atoms with E-state index < -0.39 is 16.7 Å². The Morgan fingerprint density at radius 2 is 1.62 bits per heavy atom. The molecule has 3 amide bonds. The minimum absolute atomic E-state index is 0.0597. The number of hydrogen-bond acceptors (Lipinski definition) is 7. The first-order valence-corrected chi connectivity index (χ1v) is 12.9. The highest BCUT2D eigenvalue weighted by atomic mass is 32.2. The van der Waals surface area contributed by atoms with Gasteiger partial charge < -0.3 is 16.0 Å². The smallest absolute Gasteiger partial charge is 0.272 e. The molecule has 3 N–H and O–H groups in total. The van der Waals surface area contributed by atoms with E-state index in [-0.39, 0.29) is 23.0 Å². The lowest BCUT2D eigenvalue weighted by atomic mass is 10.1. The number of nitro groups is 1. The van der Waals surface area contributed by atoms with Crippen LogP contribution in [0.5, 0.6) is 0 Å². The van der Waals surface area contributed by atoms with E-state index in [1.54, 1.807) is 79.0 Å². The molecule has 0 saturated heterocycles. The molecule has 40 heavy (non-hydrogen) atoms. The zero-order chi connectivity index (χ0) is 28.3. The van der Waals surface area contributed by atoms with Gasteiger partial charge >= 0.3 is 0 Å². The first kappa shape index (κ1) is 27.7. The topological polar surface area (TPSA) is 143 Å². The fraction of sp³-hybridized carbons (Fsp3) is 0.0345. The quantitative estimate of drug-likeness (QED) is 0.107. The maximum absolute atomic E-state index is 13.3. The summed E-state index contributed by atoms with van der Waals surface area (Å²) in [4.78, 5) is 53.6. The van der Waals surface area contributed by atoms with Crippen molar-refractivity contribution in [1.29, 1.82) is 0 Å². The van der Waals surface area contributed by atoms with Crippen LogP contribution in [0, 0.1) is 10.1 Å². The Morgan fingerprint density at radius 3 is 2.33 bits per heavy atom. The summed E-state index contributed by atoms with van der Waals surface area (Å²) >= 11 is 1.28. The Hall–Kier alpha value is -5.29. The van der Waals surface area contributed by atoms with E-state index in [0.29, 0.717) is 22.6 Å². The summed E-state index contributed by atoms with van der Waals surface area (Å²) in [6, 6.07) is 26.1. The van der Waals surface area contributed by atoms with Crippen molar-refractivity contribution in [2.45, 2.75) is 4.90 Å². The van der Waals surface area contributed by atoms with Crippen LogP contribution in [0.15, 0.2) is 114 Å². The van der Waals surface area contributed by atoms with Crippen molar-refractivity contribution in [2.24, 2.45) is 0 Å². The van der Waals surface area contributed by atoms with Crippen molar-refractivity contribution in [3.63, 3.8) is 0 Å². The van der Waals surface area contributed by atoms with Crippen molar-refractivity contribution < 1.29 is 19.3 Å². The van der Waals surface area contributed by atoms with Crippen LogP contribution in [-0.4, -0.2) is 33.4 Å². The van der Waals surface area contributed by atoms with Crippen LogP contribution in [0.3, 0.4) is 0 Å². The summed E-state index contributed by atoms with van der Waals surface area (Å²) in [5.74, 6) is -0.731. The second kappa shape index (κ2) is 13.5. The third kappa shape index (κ3) is 8.10. The number of hydrogen-bond donors (Lipinski definition) is 3. The van der Waals surface area contributed by atoms with Gasteiger partial charge in [-0.25, -0.2) is 4.98 Å². The number of rotatable bonds is 10. The first-order valence-electron chi connectivity index (χ1n) is 11.9. The highest BCUT2D eigenvalue weighted by molar-refractivity contribution is 8.00. The molecule has 11 heteroatoms. The maximum atomic E-state index is 13.3. The van der Waals surface area contributed by atoms with E-state index in [4.69, 9.17) is 0 Å². The highest BCUT2D eigenvalue weighted by Gasteiger charge is 2.16. The number of benzene rings is 3. The Kier molecular flexibility index (Phi) is 9.35. The molecule has 200 valence electrons. The normalized spacial score (nSPS) is 10.8. The van der Waals surface area contributed by atoms with E-state index >= 15 is 0 Å². The van der Waals surface area contributed by atoms with Gasteiger partial charge in [0.15, 0.2) is 0 Å². The minimum atomic E-state index is -0.599. The number of carbonyl (C=O) groups is 3. The number of aromatic nitrogens is 1. The van der Waals surface area contributed by atoms with Crippen molar-refractivity contribution in [2.75, 3.05) is 16.4 Å². The van der Waals surface area contributed by atoms with E-state index in [9.17, 15) is 24.5 Å². The second-order valence-electron chi connectivity index (χ2n) is 8.26. The molecule has 0 saturated carbocycles. The lowest BCUT2D eigenvalue weighted by molar-refractivity contribution is -0.384. The summed E-state index contributed by atoms with van der Waals surface area (Å²) in [7, 11) is 0. The number of pyridine rings is 1. The average molecular weight is 554 g/mol. The van der Waals surface area contributed by atoms with Crippen LogP contribution in [0.25, 0.3) is 6.08 Å². The number of thioether (sulfide) groups is 1. The van der Waals surface area contributed by atoms with Gasteiger partial charge in [-0.1, -0.05) is 30.3 Å². The molecule has 0 aliphatic carbocycles. The summed E-state index contributed by atoms with van der Waals surface area (Å²) in [6.07, 6.45) is 3.02. The Bertz CT molecular complexity index is 1540. The van der Waals surface area contributed by atoms with Crippen molar-refractivity contribution in [1.82, 2.24) is 10.3 Å². The molecule has 0 bridgehead atoms. The van der Waals surface area contributed by atoms with Crippen LogP contribution in [0.1, 0.15) is 15.9 Å². The Labute approximate surface area is 233 Å². The zero-order valence-corrected chi connectivity index (χ0v) is 21.8. The van der Waals surface area contributed by atoms with Gasteiger partial charge in [0.25, 0.3) is 17.5 Å². The summed E-state index contributed by atoms with van der Waals surface area (Å²) in [5, 5.41) is 19.1. The monoisotopic (exact) mass is 553 g/mol. The van der Waals surface area contributed by atoms with Gasteiger partial charge in [-0.15, -0.1) is 11.8 Å². The number of carbonyl (C=O) groups excluding carboxylic acids is 3. The molecule has 0 unspecified atom stereocenters. The van der Waals surface area contributed by atoms with E-state index in [2.05, 4.69) is 20.9 Å². The second-order valence-corrected chi connectivity index (χ2v) is 9.31. The van der Waals surface area contributed by atoms with E-state index in [0.717, 1.165) is 4.90 Å². The van der Waals surface area contributed by atoms with Crippen molar-refractivity contribution >= 4 is 52.8 Å². The molecule has 0 aliphatic heterocycles. The molecule has 0 fully saturated rings. The fourth-order valence-electron chi connectivity index (χ4n) is 3.43. The van der Waals surface area contributed by atoms with Crippen LogP contribution < -0.4 is 16.0 Å². The molecule has 3 aromatic carbocycles. The maximum Gasteiger partial charge on any atom is 0.272 e. The van der Waals surface area contributed by atoms with Gasteiger partial charge in [0, 0.05) is 34.5 Å². The molecule has 0 radical (unpaired) electrons. The molecular formula is C29H23N5O5S. The molecular weight excluding hydrogens is 530 g/mol. The number of amides is 3. The summed E-state index contributed by atoms with van der Waals surface area (Å²) < 4.78 is 0. The predicted octanol–water partition coefficient (Wildman–Crippen LogP) is 5.13. The van der Waals surface area contributed by atoms with E-state index in [1.165, 1.54) is 42.1 Å². The largest absolute Gasteiger partial charge is 0.321 e. The van der Waals surface area contributed by atoms with Crippen LogP contribution in [0.4, 0.5) is 17.2 Å². The average Bonchev–Trinajstić information content (AvgIpc) is 2.97. The Balaban J connectivity index is 1.47. The van der Waals surface area contributed by atoms with Crippen molar-refractivity contribution in [3.05, 3.63) is 130 Å². The molecule has 0 spiro atoms. The molecule has 10 nitrogen and oxygen atoms in total. The third-order valence-electron chi connectivity index (χ3n) is 5.34. The van der Waals surface area contributed by atoms with Crippen LogP contribution in [-0.2, 0) is 9.59 Å². The summed E-state index contributed by atoms with van der Waals surface area (Å²) in [6.45, 7) is 0. The van der Waals surface area contributed by atoms with Crippen LogP contribution in [0.2, 0.25) is 0 Å². The Morgan fingerprint density at radius 1 is 0.875 bits per heavy atom. The molecule has 4 aromatic rings. The lowest BCUT2D eigenvalue weighted by Crippen LogP contribution is -2.30. The zero-order valence-electron chi connectivity index (χ0n) is 20.9. The first-order chi connectivity index (χ1) is 19.4. The predicted molar refractivity (Wildman–Crippen MR) is 154 cm³/mol. The SMILES string of the molecule is O=C(CSc1cccc(NC(=O)/C(=C\c2ccc([N+](=O)[O-])cc2)NC(=O)c2ccccc2)c1)Nc1ccccn1. The molecule has 1 aromatic heterocycles.